The number of amides is 1. The highest BCUT2D eigenvalue weighted by molar-refractivity contribution is 5.95. The molecule has 5 nitrogen and oxygen atoms in total. The lowest BCUT2D eigenvalue weighted by atomic mass is 9.89. The number of benzene rings is 2. The van der Waals surface area contributed by atoms with Crippen LogP contribution in [0, 0.1) is 12.8 Å². The Morgan fingerprint density at radius 2 is 1.79 bits per heavy atom. The van der Waals surface area contributed by atoms with Gasteiger partial charge in [-0.25, -0.2) is 0 Å². The largest absolute Gasteiger partial charge is 0.508 e. The third-order valence-corrected chi connectivity index (χ3v) is 4.61. The van der Waals surface area contributed by atoms with Gasteiger partial charge >= 0.3 is 5.97 Å². The Bertz CT molecular complexity index is 772. The highest BCUT2D eigenvalue weighted by Crippen LogP contribution is 2.34. The standard InChI is InChI=1S/C19H19NO4/c1-12-7-8-14(9-17(12)21)18(22)20-10-15(16(11-20)19(23)24)13-5-3-2-4-6-13/h2-9,15-16,21H,10-11H2,1H3,(H,23,24)/t15-,16+/m0/s1. The number of likely N-dealkylation sites (tertiary alicyclic amines) is 1. The Morgan fingerprint density at radius 3 is 2.42 bits per heavy atom. The van der Waals surface area contributed by atoms with E-state index in [2.05, 4.69) is 0 Å². The number of aryl methyl sites for hydroxylation is 1. The number of carbonyl (C=O) groups excluding carboxylic acids is 1. The van der Waals surface area contributed by atoms with Crippen molar-refractivity contribution in [3.05, 3.63) is 65.2 Å². The lowest BCUT2D eigenvalue weighted by Crippen LogP contribution is -2.29. The Kier molecular flexibility index (Phi) is 4.25. The van der Waals surface area contributed by atoms with E-state index in [0.29, 0.717) is 17.7 Å². The summed E-state index contributed by atoms with van der Waals surface area (Å²) in [7, 11) is 0. The molecule has 0 bridgehead atoms. The minimum Gasteiger partial charge on any atom is -0.508 e. The smallest absolute Gasteiger partial charge is 0.308 e. The van der Waals surface area contributed by atoms with Crippen molar-refractivity contribution in [3.63, 3.8) is 0 Å². The molecule has 1 amide bonds. The lowest BCUT2D eigenvalue weighted by molar-refractivity contribution is -0.141. The van der Waals surface area contributed by atoms with Crippen molar-refractivity contribution in [1.29, 1.82) is 0 Å². The molecule has 0 aliphatic carbocycles. The number of carboxylic acid groups (broad SMARTS) is 1. The summed E-state index contributed by atoms with van der Waals surface area (Å²) in [6, 6.07) is 14.2. The minimum absolute atomic E-state index is 0.0643. The van der Waals surface area contributed by atoms with E-state index in [1.165, 1.54) is 6.07 Å². The maximum atomic E-state index is 12.7. The van der Waals surface area contributed by atoms with E-state index in [0.717, 1.165) is 5.56 Å². The fourth-order valence-electron chi connectivity index (χ4n) is 3.18. The first-order chi connectivity index (χ1) is 11.5. The zero-order chi connectivity index (χ0) is 17.3. The van der Waals surface area contributed by atoms with Gasteiger partial charge in [-0.1, -0.05) is 36.4 Å². The highest BCUT2D eigenvalue weighted by Gasteiger charge is 2.40. The quantitative estimate of drug-likeness (QED) is 0.909. The molecule has 1 aliphatic rings. The maximum Gasteiger partial charge on any atom is 0.308 e. The molecule has 2 N–H and O–H groups in total. The predicted octanol–water partition coefficient (Wildman–Crippen LogP) is 2.64. The Balaban J connectivity index is 1.86. The van der Waals surface area contributed by atoms with Crippen LogP contribution in [0.3, 0.4) is 0 Å². The molecule has 1 saturated heterocycles. The SMILES string of the molecule is Cc1ccc(C(=O)N2C[C@@H](C(=O)O)[C@H](c3ccccc3)C2)cc1O. The van der Waals surface area contributed by atoms with Gasteiger partial charge in [-0.3, -0.25) is 9.59 Å². The first-order valence-electron chi connectivity index (χ1n) is 7.84. The average Bonchev–Trinajstić information content (AvgIpc) is 3.03. The molecule has 0 radical (unpaired) electrons. The van der Waals surface area contributed by atoms with Crippen LogP contribution in [0.1, 0.15) is 27.4 Å². The van der Waals surface area contributed by atoms with Crippen LogP contribution in [0.5, 0.6) is 5.75 Å². The van der Waals surface area contributed by atoms with Crippen molar-refractivity contribution >= 4 is 11.9 Å². The third-order valence-electron chi connectivity index (χ3n) is 4.61. The van der Waals surface area contributed by atoms with Gasteiger partial charge in [-0.05, 0) is 30.2 Å². The number of nitrogens with zero attached hydrogens (tertiary/aromatic N) is 1. The number of carboxylic acids is 1. The molecule has 2 aromatic carbocycles. The molecule has 24 heavy (non-hydrogen) atoms. The van der Waals surface area contributed by atoms with Gasteiger partial charge in [0.05, 0.1) is 5.92 Å². The molecule has 124 valence electrons. The Morgan fingerprint density at radius 1 is 1.08 bits per heavy atom. The van der Waals surface area contributed by atoms with E-state index >= 15 is 0 Å². The van der Waals surface area contributed by atoms with E-state index in [4.69, 9.17) is 0 Å². The Labute approximate surface area is 140 Å². The van der Waals surface area contributed by atoms with E-state index in [9.17, 15) is 19.8 Å². The van der Waals surface area contributed by atoms with Crippen LogP contribution >= 0.6 is 0 Å². The van der Waals surface area contributed by atoms with Gasteiger partial charge in [-0.2, -0.15) is 0 Å². The highest BCUT2D eigenvalue weighted by atomic mass is 16.4. The molecule has 0 spiro atoms. The first-order valence-corrected chi connectivity index (χ1v) is 7.84. The fourth-order valence-corrected chi connectivity index (χ4v) is 3.18. The minimum atomic E-state index is -0.897. The van der Waals surface area contributed by atoms with Crippen LogP contribution in [0.15, 0.2) is 48.5 Å². The number of phenols is 1. The Hall–Kier alpha value is -2.82. The summed E-state index contributed by atoms with van der Waals surface area (Å²) in [6.45, 7) is 2.28. The van der Waals surface area contributed by atoms with Crippen molar-refractivity contribution in [2.24, 2.45) is 5.92 Å². The van der Waals surface area contributed by atoms with E-state index in [1.54, 1.807) is 24.0 Å². The molecule has 1 aliphatic heterocycles. The van der Waals surface area contributed by atoms with Gasteiger partial charge < -0.3 is 15.1 Å². The van der Waals surface area contributed by atoms with E-state index in [1.807, 2.05) is 30.3 Å². The lowest BCUT2D eigenvalue weighted by Gasteiger charge is -2.17. The topological polar surface area (TPSA) is 77.8 Å². The van der Waals surface area contributed by atoms with Crippen LogP contribution in [-0.4, -0.2) is 40.1 Å². The molecule has 5 heteroatoms. The van der Waals surface area contributed by atoms with Crippen molar-refractivity contribution in [2.75, 3.05) is 13.1 Å². The molecular weight excluding hydrogens is 306 g/mol. The third kappa shape index (κ3) is 2.97. The van der Waals surface area contributed by atoms with Gasteiger partial charge in [-0.15, -0.1) is 0 Å². The summed E-state index contributed by atoms with van der Waals surface area (Å²) in [6.07, 6.45) is 0. The second kappa shape index (κ2) is 6.35. The molecule has 1 fully saturated rings. The van der Waals surface area contributed by atoms with Gasteiger partial charge in [0.2, 0.25) is 0 Å². The van der Waals surface area contributed by atoms with Crippen LogP contribution in [0.2, 0.25) is 0 Å². The van der Waals surface area contributed by atoms with Crippen LogP contribution in [0.25, 0.3) is 0 Å². The number of rotatable bonds is 3. The van der Waals surface area contributed by atoms with Crippen LogP contribution in [0.4, 0.5) is 0 Å². The molecule has 3 rings (SSSR count). The fraction of sp³-hybridized carbons (Fsp3) is 0.263. The second-order valence-corrected chi connectivity index (χ2v) is 6.17. The number of carbonyl (C=O) groups is 2. The molecule has 0 aromatic heterocycles. The zero-order valence-corrected chi connectivity index (χ0v) is 13.3. The van der Waals surface area contributed by atoms with Crippen molar-refractivity contribution in [2.45, 2.75) is 12.8 Å². The van der Waals surface area contributed by atoms with Crippen LogP contribution < -0.4 is 0 Å². The van der Waals surface area contributed by atoms with Crippen LogP contribution in [-0.2, 0) is 4.79 Å². The van der Waals surface area contributed by atoms with Gasteiger partial charge in [0.1, 0.15) is 5.75 Å². The molecule has 2 aromatic rings. The number of aromatic hydroxyl groups is 1. The molecule has 1 heterocycles. The molecule has 2 atom stereocenters. The van der Waals surface area contributed by atoms with E-state index < -0.39 is 11.9 Å². The summed E-state index contributed by atoms with van der Waals surface area (Å²) in [5, 5.41) is 19.3. The summed E-state index contributed by atoms with van der Waals surface area (Å²) in [5.74, 6) is -1.95. The second-order valence-electron chi connectivity index (χ2n) is 6.17. The van der Waals surface area contributed by atoms with Gasteiger partial charge in [0, 0.05) is 24.6 Å². The van der Waals surface area contributed by atoms with Crippen molar-refractivity contribution in [3.8, 4) is 5.75 Å². The predicted molar refractivity (Wildman–Crippen MR) is 89.1 cm³/mol. The average molecular weight is 325 g/mol. The maximum absolute atomic E-state index is 12.7. The number of hydrogen-bond donors (Lipinski definition) is 2. The molecule has 0 saturated carbocycles. The summed E-state index contributed by atoms with van der Waals surface area (Å²) < 4.78 is 0. The number of aliphatic carboxylic acids is 1. The summed E-state index contributed by atoms with van der Waals surface area (Å²) in [4.78, 5) is 25.8. The van der Waals surface area contributed by atoms with Crippen molar-refractivity contribution in [1.82, 2.24) is 4.90 Å². The molecular formula is C19H19NO4. The monoisotopic (exact) mass is 325 g/mol. The van der Waals surface area contributed by atoms with E-state index in [-0.39, 0.29) is 24.1 Å². The summed E-state index contributed by atoms with van der Waals surface area (Å²) in [5.41, 5.74) is 1.99. The molecule has 0 unspecified atom stereocenters. The number of phenolic OH excluding ortho intramolecular Hbond substituents is 1. The van der Waals surface area contributed by atoms with Gasteiger partial charge in [0.25, 0.3) is 5.91 Å². The summed E-state index contributed by atoms with van der Waals surface area (Å²) >= 11 is 0. The number of hydrogen-bond acceptors (Lipinski definition) is 3. The first kappa shape index (κ1) is 16.1. The van der Waals surface area contributed by atoms with Crippen molar-refractivity contribution < 1.29 is 19.8 Å². The normalized spacial score (nSPS) is 20.1. The van der Waals surface area contributed by atoms with Gasteiger partial charge in [0.15, 0.2) is 0 Å². The zero-order valence-electron chi connectivity index (χ0n) is 13.3.